The maximum Gasteiger partial charge on any atom is -0.00201 e. The lowest BCUT2D eigenvalue weighted by Gasteiger charge is -2.20. The third kappa shape index (κ3) is 2.96. The minimum absolute atomic E-state index is 1.26. The van der Waals surface area contributed by atoms with Crippen LogP contribution in [0.15, 0.2) is 146 Å². The standard InChI is InChI=1S/C40H24/c1-2-9-29-24-30(19-16-25(29)8-1)38-31-12-3-5-14-33(31)40(34-15-6-4-13-32(34)38)36-23-21-28-18-17-26-10-7-11-27-20-22-35(36)39(28)37(26)27/h1-24H. The number of benzene rings is 9. The van der Waals surface area contributed by atoms with Crippen molar-refractivity contribution in [3.63, 3.8) is 0 Å². The fraction of sp³-hybridized carbons (Fsp3) is 0. The van der Waals surface area contributed by atoms with E-state index in [-0.39, 0.29) is 0 Å². The van der Waals surface area contributed by atoms with Crippen molar-refractivity contribution in [1.82, 2.24) is 0 Å². The van der Waals surface area contributed by atoms with Crippen molar-refractivity contribution >= 4 is 64.6 Å². The van der Waals surface area contributed by atoms with Crippen LogP contribution in [0.1, 0.15) is 0 Å². The van der Waals surface area contributed by atoms with E-state index in [4.69, 9.17) is 0 Å². The highest BCUT2D eigenvalue weighted by Crippen LogP contribution is 2.47. The van der Waals surface area contributed by atoms with Crippen molar-refractivity contribution in [1.29, 1.82) is 0 Å². The van der Waals surface area contributed by atoms with Crippen LogP contribution in [0.2, 0.25) is 0 Å². The molecule has 0 aliphatic rings. The summed E-state index contributed by atoms with van der Waals surface area (Å²) in [5, 5.41) is 15.6. The molecule has 0 saturated carbocycles. The van der Waals surface area contributed by atoms with E-state index in [0.717, 1.165) is 0 Å². The third-order valence-electron chi connectivity index (χ3n) is 8.77. The maximum atomic E-state index is 2.35. The van der Waals surface area contributed by atoms with Crippen LogP contribution in [-0.4, -0.2) is 0 Å². The van der Waals surface area contributed by atoms with Crippen LogP contribution in [0.3, 0.4) is 0 Å². The minimum Gasteiger partial charge on any atom is -0.0616 e. The van der Waals surface area contributed by atoms with Gasteiger partial charge in [-0.05, 0) is 93.0 Å². The fourth-order valence-corrected chi connectivity index (χ4v) is 7.03. The SMILES string of the molecule is c1ccc2cc(-c3c4ccccc4c(-c4ccc5ccc6cccc7ccc4c5c67)c4ccccc34)ccc2c1. The van der Waals surface area contributed by atoms with Crippen molar-refractivity contribution in [2.45, 2.75) is 0 Å². The maximum absolute atomic E-state index is 2.35. The molecule has 0 aromatic heterocycles. The first-order valence-corrected chi connectivity index (χ1v) is 13.9. The average molecular weight is 505 g/mol. The summed E-state index contributed by atoms with van der Waals surface area (Å²) < 4.78 is 0. The molecule has 9 rings (SSSR count). The van der Waals surface area contributed by atoms with E-state index in [9.17, 15) is 0 Å². The second kappa shape index (κ2) is 8.15. The monoisotopic (exact) mass is 504 g/mol. The number of fused-ring (bicyclic) bond motifs is 3. The molecular formula is C40H24. The molecule has 0 saturated heterocycles. The van der Waals surface area contributed by atoms with Crippen molar-refractivity contribution in [3.05, 3.63) is 146 Å². The summed E-state index contributed by atoms with van der Waals surface area (Å²) >= 11 is 0. The molecule has 0 N–H and O–H groups in total. The van der Waals surface area contributed by atoms with Crippen LogP contribution in [0.25, 0.3) is 86.9 Å². The smallest absolute Gasteiger partial charge is 0.00201 e. The molecule has 0 fully saturated rings. The van der Waals surface area contributed by atoms with Gasteiger partial charge in [0.05, 0.1) is 0 Å². The van der Waals surface area contributed by atoms with Crippen LogP contribution in [-0.2, 0) is 0 Å². The summed E-state index contributed by atoms with van der Waals surface area (Å²) in [6, 6.07) is 53.9. The number of hydrogen-bond acceptors (Lipinski definition) is 0. The van der Waals surface area contributed by atoms with Crippen LogP contribution in [0.4, 0.5) is 0 Å². The molecule has 9 aromatic rings. The Kier molecular flexibility index (Phi) is 4.42. The van der Waals surface area contributed by atoms with Crippen LogP contribution in [0, 0.1) is 0 Å². The molecular weight excluding hydrogens is 480 g/mol. The highest BCUT2D eigenvalue weighted by atomic mass is 14.2. The Bertz CT molecular complexity index is 2350. The first-order valence-electron chi connectivity index (χ1n) is 13.9. The second-order valence-electron chi connectivity index (χ2n) is 10.9. The van der Waals surface area contributed by atoms with Crippen LogP contribution < -0.4 is 0 Å². The first-order chi connectivity index (χ1) is 19.8. The summed E-state index contributed by atoms with van der Waals surface area (Å²) in [6.45, 7) is 0. The van der Waals surface area contributed by atoms with Gasteiger partial charge in [-0.3, -0.25) is 0 Å². The van der Waals surface area contributed by atoms with Crippen molar-refractivity contribution in [2.24, 2.45) is 0 Å². The van der Waals surface area contributed by atoms with E-state index in [1.165, 1.54) is 86.9 Å². The fourth-order valence-electron chi connectivity index (χ4n) is 7.03. The summed E-state index contributed by atoms with van der Waals surface area (Å²) in [7, 11) is 0. The van der Waals surface area contributed by atoms with E-state index in [1.807, 2.05) is 0 Å². The van der Waals surface area contributed by atoms with Gasteiger partial charge < -0.3 is 0 Å². The second-order valence-corrected chi connectivity index (χ2v) is 10.9. The predicted molar refractivity (Wildman–Crippen MR) is 174 cm³/mol. The Hall–Kier alpha value is -5.20. The van der Waals surface area contributed by atoms with Crippen LogP contribution in [0.5, 0.6) is 0 Å². The molecule has 0 aliphatic carbocycles. The summed E-state index contributed by atoms with van der Waals surface area (Å²) in [5.41, 5.74) is 5.17. The highest BCUT2D eigenvalue weighted by Gasteiger charge is 2.19. The average Bonchev–Trinajstić information content (AvgIpc) is 3.02. The number of hydrogen-bond donors (Lipinski definition) is 0. The van der Waals surface area contributed by atoms with Gasteiger partial charge in [-0.1, -0.05) is 140 Å². The Balaban J connectivity index is 1.44. The largest absolute Gasteiger partial charge is 0.0616 e. The zero-order valence-electron chi connectivity index (χ0n) is 21.9. The van der Waals surface area contributed by atoms with Gasteiger partial charge in [-0.15, -0.1) is 0 Å². The molecule has 0 amide bonds. The predicted octanol–water partition coefficient (Wildman–Crippen LogP) is 11.4. The van der Waals surface area contributed by atoms with Gasteiger partial charge >= 0.3 is 0 Å². The van der Waals surface area contributed by atoms with Crippen molar-refractivity contribution in [3.8, 4) is 22.3 Å². The summed E-state index contributed by atoms with van der Waals surface area (Å²) in [4.78, 5) is 0. The topological polar surface area (TPSA) is 0 Å². The molecule has 9 aromatic carbocycles. The Morgan fingerprint density at radius 2 is 0.775 bits per heavy atom. The zero-order chi connectivity index (χ0) is 26.2. The summed E-state index contributed by atoms with van der Waals surface area (Å²) in [6.07, 6.45) is 0. The number of rotatable bonds is 2. The highest BCUT2D eigenvalue weighted by molar-refractivity contribution is 6.29. The molecule has 0 radical (unpaired) electrons. The van der Waals surface area contributed by atoms with Gasteiger partial charge in [0.2, 0.25) is 0 Å². The molecule has 40 heavy (non-hydrogen) atoms. The Morgan fingerprint density at radius 3 is 1.48 bits per heavy atom. The lowest BCUT2D eigenvalue weighted by atomic mass is 9.83. The normalized spacial score (nSPS) is 12.0. The van der Waals surface area contributed by atoms with E-state index in [1.54, 1.807) is 0 Å². The van der Waals surface area contributed by atoms with Gasteiger partial charge in [-0.2, -0.15) is 0 Å². The van der Waals surface area contributed by atoms with Gasteiger partial charge in [0, 0.05) is 0 Å². The summed E-state index contributed by atoms with van der Waals surface area (Å²) in [5.74, 6) is 0. The molecule has 0 atom stereocenters. The first kappa shape index (κ1) is 21.7. The van der Waals surface area contributed by atoms with Crippen LogP contribution >= 0.6 is 0 Å². The molecule has 0 unspecified atom stereocenters. The molecule has 0 heterocycles. The van der Waals surface area contributed by atoms with E-state index in [2.05, 4.69) is 146 Å². The third-order valence-corrected chi connectivity index (χ3v) is 8.77. The molecule has 0 heteroatoms. The molecule has 0 bridgehead atoms. The lowest BCUT2D eigenvalue weighted by molar-refractivity contribution is 1.69. The quantitative estimate of drug-likeness (QED) is 0.162. The van der Waals surface area contributed by atoms with E-state index in [0.29, 0.717) is 0 Å². The molecule has 0 spiro atoms. The van der Waals surface area contributed by atoms with Crippen molar-refractivity contribution < 1.29 is 0 Å². The lowest BCUT2D eigenvalue weighted by Crippen LogP contribution is -1.92. The molecule has 184 valence electrons. The van der Waals surface area contributed by atoms with Gasteiger partial charge in [-0.25, -0.2) is 0 Å². The van der Waals surface area contributed by atoms with Gasteiger partial charge in [0.15, 0.2) is 0 Å². The zero-order valence-corrected chi connectivity index (χ0v) is 21.9. The van der Waals surface area contributed by atoms with Gasteiger partial charge in [0.25, 0.3) is 0 Å². The van der Waals surface area contributed by atoms with Gasteiger partial charge in [0.1, 0.15) is 0 Å². The van der Waals surface area contributed by atoms with E-state index < -0.39 is 0 Å². The minimum atomic E-state index is 1.26. The van der Waals surface area contributed by atoms with E-state index >= 15 is 0 Å². The molecule has 0 aliphatic heterocycles. The van der Waals surface area contributed by atoms with Crippen molar-refractivity contribution in [2.75, 3.05) is 0 Å². The Morgan fingerprint density at radius 1 is 0.275 bits per heavy atom. The Labute approximate surface area is 232 Å². The molecule has 0 nitrogen and oxygen atoms in total.